The summed E-state index contributed by atoms with van der Waals surface area (Å²) in [6.45, 7) is 2.63. The zero-order valence-electron chi connectivity index (χ0n) is 7.17. The highest BCUT2D eigenvalue weighted by Gasteiger charge is 2.03. The first-order valence-corrected chi connectivity index (χ1v) is 4.86. The molecule has 13 heavy (non-hydrogen) atoms. The molecular formula is C9H9BrN2O. The monoisotopic (exact) mass is 240 g/mol. The fourth-order valence-electron chi connectivity index (χ4n) is 1.21. The summed E-state index contributed by atoms with van der Waals surface area (Å²) in [5.41, 5.74) is 0.992. The van der Waals surface area contributed by atoms with Gasteiger partial charge in [-0.15, -0.1) is 0 Å². The number of nitrogens with one attached hydrogen (secondary N) is 1. The number of halogens is 1. The number of ether oxygens (including phenoxy) is 1. The predicted molar refractivity (Wildman–Crippen MR) is 55.0 cm³/mol. The van der Waals surface area contributed by atoms with E-state index in [0.29, 0.717) is 6.61 Å². The van der Waals surface area contributed by atoms with Crippen LogP contribution in [0.4, 0.5) is 0 Å². The van der Waals surface area contributed by atoms with Crippen LogP contribution in [0.15, 0.2) is 22.8 Å². The number of nitrogens with zero attached hydrogens (tertiary/aromatic N) is 1. The third-order valence-corrected chi connectivity index (χ3v) is 2.41. The summed E-state index contributed by atoms with van der Waals surface area (Å²) < 4.78 is 6.38. The normalized spacial score (nSPS) is 10.6. The lowest BCUT2D eigenvalue weighted by Crippen LogP contribution is -1.91. The summed E-state index contributed by atoms with van der Waals surface area (Å²) in [7, 11) is 0. The lowest BCUT2D eigenvalue weighted by Gasteiger charge is -2.04. The van der Waals surface area contributed by atoms with Crippen LogP contribution in [0.1, 0.15) is 6.92 Å². The van der Waals surface area contributed by atoms with Crippen LogP contribution in [0.5, 0.6) is 5.75 Å². The molecule has 4 heteroatoms. The molecule has 1 heterocycles. The Balaban J connectivity index is 2.56. The lowest BCUT2D eigenvalue weighted by molar-refractivity contribution is 0.338. The van der Waals surface area contributed by atoms with Crippen LogP contribution in [-0.4, -0.2) is 16.8 Å². The Labute approximate surface area is 84.2 Å². The largest absolute Gasteiger partial charge is 0.493 e. The second kappa shape index (κ2) is 3.38. The van der Waals surface area contributed by atoms with Crippen molar-refractivity contribution in [2.24, 2.45) is 0 Å². The van der Waals surface area contributed by atoms with Crippen molar-refractivity contribution in [1.82, 2.24) is 10.2 Å². The van der Waals surface area contributed by atoms with Crippen molar-refractivity contribution in [3.8, 4) is 5.75 Å². The van der Waals surface area contributed by atoms with Crippen molar-refractivity contribution < 1.29 is 4.74 Å². The van der Waals surface area contributed by atoms with Crippen LogP contribution < -0.4 is 4.74 Å². The molecule has 2 aromatic rings. The van der Waals surface area contributed by atoms with E-state index in [9.17, 15) is 0 Å². The molecule has 2 rings (SSSR count). The van der Waals surface area contributed by atoms with Gasteiger partial charge in [-0.1, -0.05) is 0 Å². The molecule has 0 radical (unpaired) electrons. The highest BCUT2D eigenvalue weighted by molar-refractivity contribution is 9.10. The molecule has 0 aliphatic rings. The molecule has 0 bridgehead atoms. The standard InChI is InChI=1S/C9H9BrN2O/c1-2-13-9-4-8-6(3-7(9)10)5-11-12-8/h3-5H,2H2,1H3,(H,11,12). The van der Waals surface area contributed by atoms with E-state index < -0.39 is 0 Å². The van der Waals surface area contributed by atoms with E-state index in [1.54, 1.807) is 6.20 Å². The Hall–Kier alpha value is -1.03. The number of hydrogen-bond donors (Lipinski definition) is 1. The highest BCUT2D eigenvalue weighted by Crippen LogP contribution is 2.29. The topological polar surface area (TPSA) is 37.9 Å². The van der Waals surface area contributed by atoms with Gasteiger partial charge in [0, 0.05) is 11.5 Å². The van der Waals surface area contributed by atoms with Gasteiger partial charge in [0.05, 0.1) is 22.8 Å². The summed E-state index contributed by atoms with van der Waals surface area (Å²) in [6, 6.07) is 3.93. The van der Waals surface area contributed by atoms with Crippen molar-refractivity contribution in [1.29, 1.82) is 0 Å². The van der Waals surface area contributed by atoms with Gasteiger partial charge in [0.25, 0.3) is 0 Å². The molecule has 1 aromatic heterocycles. The average Bonchev–Trinajstić information content (AvgIpc) is 2.52. The van der Waals surface area contributed by atoms with Gasteiger partial charge in [0.2, 0.25) is 0 Å². The average molecular weight is 241 g/mol. The predicted octanol–water partition coefficient (Wildman–Crippen LogP) is 2.72. The zero-order chi connectivity index (χ0) is 9.26. The Morgan fingerprint density at radius 1 is 1.54 bits per heavy atom. The molecule has 0 aliphatic carbocycles. The maximum absolute atomic E-state index is 5.42. The van der Waals surface area contributed by atoms with Gasteiger partial charge >= 0.3 is 0 Å². The third kappa shape index (κ3) is 1.54. The number of H-pyrrole nitrogens is 1. The molecule has 0 saturated heterocycles. The summed E-state index contributed by atoms with van der Waals surface area (Å²) in [6.07, 6.45) is 1.79. The molecule has 0 saturated carbocycles. The van der Waals surface area contributed by atoms with E-state index in [4.69, 9.17) is 4.74 Å². The molecular weight excluding hydrogens is 232 g/mol. The smallest absolute Gasteiger partial charge is 0.135 e. The van der Waals surface area contributed by atoms with Crippen LogP contribution in [0.3, 0.4) is 0 Å². The number of rotatable bonds is 2. The minimum atomic E-state index is 0.665. The van der Waals surface area contributed by atoms with Gasteiger partial charge in [0.1, 0.15) is 5.75 Å². The fraction of sp³-hybridized carbons (Fsp3) is 0.222. The molecule has 1 N–H and O–H groups in total. The second-order valence-corrected chi connectivity index (χ2v) is 3.53. The third-order valence-electron chi connectivity index (χ3n) is 1.79. The first-order chi connectivity index (χ1) is 6.31. The number of fused-ring (bicyclic) bond motifs is 1. The van der Waals surface area contributed by atoms with E-state index in [1.165, 1.54) is 0 Å². The molecule has 0 unspecified atom stereocenters. The van der Waals surface area contributed by atoms with E-state index >= 15 is 0 Å². The Bertz CT molecular complexity index is 424. The van der Waals surface area contributed by atoms with Crippen LogP contribution in [0.2, 0.25) is 0 Å². The molecule has 0 atom stereocenters. The molecule has 68 valence electrons. The Kier molecular flexibility index (Phi) is 2.22. The Morgan fingerprint density at radius 3 is 3.15 bits per heavy atom. The molecule has 0 aliphatic heterocycles. The SMILES string of the molecule is CCOc1cc2[nH]ncc2cc1Br. The van der Waals surface area contributed by atoms with Gasteiger partial charge in [-0.25, -0.2) is 0 Å². The molecule has 0 fully saturated rings. The van der Waals surface area contributed by atoms with Crippen molar-refractivity contribution in [2.45, 2.75) is 6.92 Å². The summed E-state index contributed by atoms with van der Waals surface area (Å²) >= 11 is 3.44. The number of aromatic amines is 1. The van der Waals surface area contributed by atoms with Gasteiger partial charge in [-0.2, -0.15) is 5.10 Å². The molecule has 0 spiro atoms. The molecule has 1 aromatic carbocycles. The highest BCUT2D eigenvalue weighted by atomic mass is 79.9. The summed E-state index contributed by atoms with van der Waals surface area (Å²) in [5, 5.41) is 7.92. The van der Waals surface area contributed by atoms with Crippen LogP contribution in [-0.2, 0) is 0 Å². The lowest BCUT2D eigenvalue weighted by atomic mass is 10.2. The Morgan fingerprint density at radius 2 is 2.38 bits per heavy atom. The molecule has 3 nitrogen and oxygen atoms in total. The van der Waals surface area contributed by atoms with Crippen molar-refractivity contribution in [2.75, 3.05) is 6.61 Å². The van der Waals surface area contributed by atoms with Gasteiger partial charge in [0.15, 0.2) is 0 Å². The van der Waals surface area contributed by atoms with Gasteiger partial charge in [-0.05, 0) is 28.9 Å². The first-order valence-electron chi connectivity index (χ1n) is 4.06. The van der Waals surface area contributed by atoms with Crippen molar-refractivity contribution >= 4 is 26.8 Å². The first kappa shape index (κ1) is 8.56. The van der Waals surface area contributed by atoms with E-state index in [1.807, 2.05) is 19.1 Å². The van der Waals surface area contributed by atoms with Crippen LogP contribution >= 0.6 is 15.9 Å². The fourth-order valence-corrected chi connectivity index (χ4v) is 1.69. The number of hydrogen-bond acceptors (Lipinski definition) is 2. The van der Waals surface area contributed by atoms with Crippen LogP contribution in [0, 0.1) is 0 Å². The quantitative estimate of drug-likeness (QED) is 0.877. The van der Waals surface area contributed by atoms with Gasteiger partial charge < -0.3 is 4.74 Å². The maximum Gasteiger partial charge on any atom is 0.135 e. The number of benzene rings is 1. The van der Waals surface area contributed by atoms with Crippen LogP contribution in [0.25, 0.3) is 10.9 Å². The number of aromatic nitrogens is 2. The molecule has 0 amide bonds. The maximum atomic E-state index is 5.42. The minimum absolute atomic E-state index is 0.665. The summed E-state index contributed by atoms with van der Waals surface area (Å²) in [4.78, 5) is 0. The van der Waals surface area contributed by atoms with Crippen molar-refractivity contribution in [3.63, 3.8) is 0 Å². The van der Waals surface area contributed by atoms with Crippen molar-refractivity contribution in [3.05, 3.63) is 22.8 Å². The minimum Gasteiger partial charge on any atom is -0.493 e. The zero-order valence-corrected chi connectivity index (χ0v) is 8.76. The van der Waals surface area contributed by atoms with E-state index in [-0.39, 0.29) is 0 Å². The second-order valence-electron chi connectivity index (χ2n) is 2.67. The van der Waals surface area contributed by atoms with Gasteiger partial charge in [-0.3, -0.25) is 5.10 Å². The summed E-state index contributed by atoms with van der Waals surface area (Å²) in [5.74, 6) is 0.847. The van der Waals surface area contributed by atoms with E-state index in [0.717, 1.165) is 21.1 Å². The van der Waals surface area contributed by atoms with E-state index in [2.05, 4.69) is 26.1 Å².